The molecule has 0 aliphatic rings. The largest absolute Gasteiger partial charge is 0.380 e. The topological polar surface area (TPSA) is 29.9 Å². The van der Waals surface area contributed by atoms with Crippen LogP contribution in [0.1, 0.15) is 31.0 Å². The molecule has 1 N–H and O–H groups in total. The van der Waals surface area contributed by atoms with Crippen LogP contribution in [0, 0.1) is 0 Å². The van der Waals surface area contributed by atoms with Crippen molar-refractivity contribution < 1.29 is 0 Å². The van der Waals surface area contributed by atoms with Crippen molar-refractivity contribution in [3.05, 3.63) is 44.6 Å². The van der Waals surface area contributed by atoms with Gasteiger partial charge in [-0.3, -0.25) is 4.68 Å². The summed E-state index contributed by atoms with van der Waals surface area (Å²) in [6.07, 6.45) is 2.08. The van der Waals surface area contributed by atoms with Crippen molar-refractivity contribution in [2.24, 2.45) is 7.05 Å². The lowest BCUT2D eigenvalue weighted by molar-refractivity contribution is 0.712. The van der Waals surface area contributed by atoms with Crippen LogP contribution in [-0.2, 0) is 13.6 Å². The first-order chi connectivity index (χ1) is 8.97. The minimum atomic E-state index is 0.436. The average molecular weight is 387 g/mol. The lowest BCUT2D eigenvalue weighted by atomic mass is 10.1. The number of hydrogen-bond donors (Lipinski definition) is 1. The number of halogens is 2. The third-order valence-electron chi connectivity index (χ3n) is 2.88. The maximum atomic E-state index is 4.52. The van der Waals surface area contributed by atoms with Crippen molar-refractivity contribution in [1.29, 1.82) is 0 Å². The molecule has 0 bridgehead atoms. The van der Waals surface area contributed by atoms with E-state index in [1.54, 1.807) is 0 Å². The van der Waals surface area contributed by atoms with Gasteiger partial charge < -0.3 is 5.32 Å². The molecule has 0 aliphatic carbocycles. The lowest BCUT2D eigenvalue weighted by Crippen LogP contribution is -2.03. The van der Waals surface area contributed by atoms with Crippen molar-refractivity contribution in [3.8, 4) is 0 Å². The highest BCUT2D eigenvalue weighted by molar-refractivity contribution is 9.11. The second-order valence-electron chi connectivity index (χ2n) is 4.85. The second-order valence-corrected chi connectivity index (χ2v) is 6.62. The molecule has 102 valence electrons. The van der Waals surface area contributed by atoms with Gasteiger partial charge in [-0.2, -0.15) is 5.10 Å². The first-order valence-corrected chi connectivity index (χ1v) is 7.77. The quantitative estimate of drug-likeness (QED) is 0.826. The Kier molecular flexibility index (Phi) is 4.68. The molecule has 0 unspecified atom stereocenters. The molecule has 0 fully saturated rings. The van der Waals surface area contributed by atoms with Gasteiger partial charge >= 0.3 is 0 Å². The fourth-order valence-corrected chi connectivity index (χ4v) is 3.19. The van der Waals surface area contributed by atoms with E-state index in [2.05, 4.69) is 68.4 Å². The third kappa shape index (κ3) is 3.60. The van der Waals surface area contributed by atoms with Gasteiger partial charge in [0, 0.05) is 40.0 Å². The zero-order valence-corrected chi connectivity index (χ0v) is 14.4. The Morgan fingerprint density at radius 2 is 2.05 bits per heavy atom. The van der Waals surface area contributed by atoms with E-state index in [9.17, 15) is 0 Å². The SMILES string of the molecule is CC(C)c1nn(C)cc1CNc1ccc(Br)cc1Br. The summed E-state index contributed by atoms with van der Waals surface area (Å²) in [5.41, 5.74) is 3.48. The Hall–Kier alpha value is -0.810. The summed E-state index contributed by atoms with van der Waals surface area (Å²) in [7, 11) is 1.96. The fraction of sp³-hybridized carbons (Fsp3) is 0.357. The minimum Gasteiger partial charge on any atom is -0.380 e. The van der Waals surface area contributed by atoms with Gasteiger partial charge in [-0.15, -0.1) is 0 Å². The van der Waals surface area contributed by atoms with Crippen LogP contribution in [0.15, 0.2) is 33.3 Å². The molecule has 0 radical (unpaired) electrons. The highest BCUT2D eigenvalue weighted by Crippen LogP contribution is 2.27. The van der Waals surface area contributed by atoms with E-state index in [4.69, 9.17) is 0 Å². The fourth-order valence-electron chi connectivity index (χ4n) is 2.00. The molecular formula is C14H17Br2N3. The monoisotopic (exact) mass is 385 g/mol. The highest BCUT2D eigenvalue weighted by atomic mass is 79.9. The van der Waals surface area contributed by atoms with Crippen molar-refractivity contribution in [2.45, 2.75) is 26.3 Å². The first kappa shape index (κ1) is 14.6. The molecule has 1 aromatic carbocycles. The van der Waals surface area contributed by atoms with Gasteiger partial charge in [0.05, 0.1) is 5.69 Å². The number of aromatic nitrogens is 2. The van der Waals surface area contributed by atoms with E-state index in [1.807, 2.05) is 23.9 Å². The molecule has 0 saturated carbocycles. The summed E-state index contributed by atoms with van der Waals surface area (Å²) in [6, 6.07) is 6.12. The van der Waals surface area contributed by atoms with Gasteiger partial charge in [-0.05, 0) is 40.0 Å². The molecule has 0 aliphatic heterocycles. The minimum absolute atomic E-state index is 0.436. The van der Waals surface area contributed by atoms with Crippen LogP contribution >= 0.6 is 31.9 Å². The lowest BCUT2D eigenvalue weighted by Gasteiger charge is -2.10. The summed E-state index contributed by atoms with van der Waals surface area (Å²) in [5.74, 6) is 0.436. The first-order valence-electron chi connectivity index (χ1n) is 6.18. The molecular weight excluding hydrogens is 370 g/mol. The van der Waals surface area contributed by atoms with Crippen LogP contribution < -0.4 is 5.32 Å². The van der Waals surface area contributed by atoms with Crippen LogP contribution in [-0.4, -0.2) is 9.78 Å². The number of aryl methyl sites for hydroxylation is 1. The Labute approximate surface area is 130 Å². The summed E-state index contributed by atoms with van der Waals surface area (Å²) >= 11 is 7.02. The van der Waals surface area contributed by atoms with Crippen LogP contribution in [0.4, 0.5) is 5.69 Å². The summed E-state index contributed by atoms with van der Waals surface area (Å²) in [4.78, 5) is 0. The maximum Gasteiger partial charge on any atom is 0.0699 e. The predicted octanol–water partition coefficient (Wildman–Crippen LogP) is 4.68. The van der Waals surface area contributed by atoms with Gasteiger partial charge in [0.15, 0.2) is 0 Å². The van der Waals surface area contributed by atoms with Crippen LogP contribution in [0.3, 0.4) is 0 Å². The molecule has 3 nitrogen and oxygen atoms in total. The maximum absolute atomic E-state index is 4.52. The number of rotatable bonds is 4. The molecule has 19 heavy (non-hydrogen) atoms. The van der Waals surface area contributed by atoms with E-state index in [0.29, 0.717) is 5.92 Å². The summed E-state index contributed by atoms with van der Waals surface area (Å²) in [6.45, 7) is 5.12. The van der Waals surface area contributed by atoms with Gasteiger partial charge in [-0.25, -0.2) is 0 Å². The standard InChI is InChI=1S/C14H17Br2N3/c1-9(2)14-10(8-19(3)18-14)7-17-13-5-4-11(15)6-12(13)16/h4-6,8-9,17H,7H2,1-3H3. The number of benzene rings is 1. The van der Waals surface area contributed by atoms with Crippen molar-refractivity contribution in [1.82, 2.24) is 9.78 Å². The Bertz CT molecular complexity index is 576. The normalized spacial score (nSPS) is 11.1. The smallest absolute Gasteiger partial charge is 0.0699 e. The van der Waals surface area contributed by atoms with Gasteiger partial charge in [0.1, 0.15) is 0 Å². The Balaban J connectivity index is 2.14. The van der Waals surface area contributed by atoms with Gasteiger partial charge in [0.2, 0.25) is 0 Å². The van der Waals surface area contributed by atoms with Crippen molar-refractivity contribution in [3.63, 3.8) is 0 Å². The zero-order chi connectivity index (χ0) is 14.0. The molecule has 2 aromatic rings. The van der Waals surface area contributed by atoms with E-state index in [1.165, 1.54) is 5.56 Å². The molecule has 2 rings (SSSR count). The number of anilines is 1. The predicted molar refractivity (Wildman–Crippen MR) is 86.5 cm³/mol. The Morgan fingerprint density at radius 3 is 2.68 bits per heavy atom. The van der Waals surface area contributed by atoms with E-state index in [-0.39, 0.29) is 0 Å². The molecule has 0 saturated heterocycles. The van der Waals surface area contributed by atoms with Crippen LogP contribution in [0.25, 0.3) is 0 Å². The second kappa shape index (κ2) is 6.09. The van der Waals surface area contributed by atoms with Crippen LogP contribution in [0.2, 0.25) is 0 Å². The number of hydrogen-bond acceptors (Lipinski definition) is 2. The molecule has 5 heteroatoms. The van der Waals surface area contributed by atoms with E-state index >= 15 is 0 Å². The Morgan fingerprint density at radius 1 is 1.32 bits per heavy atom. The van der Waals surface area contributed by atoms with Gasteiger partial charge in [0.25, 0.3) is 0 Å². The van der Waals surface area contributed by atoms with Crippen molar-refractivity contribution >= 4 is 37.5 Å². The van der Waals surface area contributed by atoms with Crippen LogP contribution in [0.5, 0.6) is 0 Å². The summed E-state index contributed by atoms with van der Waals surface area (Å²) < 4.78 is 3.99. The van der Waals surface area contributed by atoms with E-state index in [0.717, 1.165) is 26.9 Å². The average Bonchev–Trinajstić information content (AvgIpc) is 2.69. The summed E-state index contributed by atoms with van der Waals surface area (Å²) in [5, 5.41) is 7.96. The third-order valence-corrected chi connectivity index (χ3v) is 4.03. The van der Waals surface area contributed by atoms with E-state index < -0.39 is 0 Å². The molecule has 0 atom stereocenters. The number of nitrogens with zero attached hydrogens (tertiary/aromatic N) is 2. The highest BCUT2D eigenvalue weighted by Gasteiger charge is 2.11. The molecule has 0 spiro atoms. The molecule has 1 aromatic heterocycles. The molecule has 0 amide bonds. The molecule has 1 heterocycles. The number of nitrogens with one attached hydrogen (secondary N) is 1. The van der Waals surface area contributed by atoms with Crippen molar-refractivity contribution in [2.75, 3.05) is 5.32 Å². The van der Waals surface area contributed by atoms with Gasteiger partial charge in [-0.1, -0.05) is 29.8 Å². The zero-order valence-electron chi connectivity index (χ0n) is 11.2.